The van der Waals surface area contributed by atoms with Crippen LogP contribution in [0.2, 0.25) is 0 Å². The van der Waals surface area contributed by atoms with Crippen LogP contribution in [0.3, 0.4) is 0 Å². The van der Waals surface area contributed by atoms with Gasteiger partial charge >= 0.3 is 0 Å². The summed E-state index contributed by atoms with van der Waals surface area (Å²) in [5.74, 6) is 0.430. The van der Waals surface area contributed by atoms with E-state index in [1.165, 1.54) is 6.07 Å². The summed E-state index contributed by atoms with van der Waals surface area (Å²) in [4.78, 5) is 0. The fraction of sp³-hybridized carbons (Fsp3) is 0.500. The van der Waals surface area contributed by atoms with Crippen LogP contribution in [0.4, 0.5) is 10.1 Å². The molecular weight excluding hydrogens is 191 g/mol. The lowest BCUT2D eigenvalue weighted by Crippen LogP contribution is -2.32. The van der Waals surface area contributed by atoms with Crippen molar-refractivity contribution < 1.29 is 4.39 Å². The van der Waals surface area contributed by atoms with Crippen molar-refractivity contribution in [3.05, 3.63) is 29.6 Å². The average Bonchev–Trinajstić information content (AvgIpc) is 2.25. The molecule has 1 aromatic carbocycles. The predicted molar refractivity (Wildman–Crippen MR) is 60.6 cm³/mol. The van der Waals surface area contributed by atoms with Gasteiger partial charge in [-0.3, -0.25) is 0 Å². The second-order valence-corrected chi connectivity index (χ2v) is 4.06. The lowest BCUT2D eigenvalue weighted by atomic mass is 9.94. The molecule has 2 rings (SSSR count). The maximum atomic E-state index is 13.0. The number of hydrogen-bond acceptors (Lipinski definition) is 2. The van der Waals surface area contributed by atoms with Crippen molar-refractivity contribution in [1.82, 2.24) is 5.32 Å². The third-order valence-corrected chi connectivity index (χ3v) is 2.84. The minimum Gasteiger partial charge on any atom is -0.384 e. The van der Waals surface area contributed by atoms with Crippen molar-refractivity contribution in [2.45, 2.75) is 13.3 Å². The molecule has 0 saturated carbocycles. The highest BCUT2D eigenvalue weighted by Crippen LogP contribution is 2.24. The van der Waals surface area contributed by atoms with Gasteiger partial charge in [0.05, 0.1) is 0 Å². The van der Waals surface area contributed by atoms with Crippen LogP contribution in [0.1, 0.15) is 12.5 Å². The Balaban J connectivity index is 2.05. The molecule has 1 atom stereocenters. The Kier molecular flexibility index (Phi) is 3.21. The molecule has 0 saturated heterocycles. The first-order chi connectivity index (χ1) is 7.29. The summed E-state index contributed by atoms with van der Waals surface area (Å²) in [6.07, 6.45) is 0.965. The number of nitrogens with one attached hydrogen (secondary N) is 2. The number of halogens is 1. The lowest BCUT2D eigenvalue weighted by molar-refractivity contribution is 0.490. The van der Waals surface area contributed by atoms with E-state index in [2.05, 4.69) is 17.6 Å². The van der Waals surface area contributed by atoms with Crippen LogP contribution in [-0.2, 0) is 6.42 Å². The predicted octanol–water partition coefficient (Wildman–Crippen LogP) is 2.02. The summed E-state index contributed by atoms with van der Waals surface area (Å²) >= 11 is 0. The summed E-state index contributed by atoms with van der Waals surface area (Å²) in [6.45, 7) is 5.07. The number of benzene rings is 1. The molecule has 2 N–H and O–H groups in total. The van der Waals surface area contributed by atoms with Gasteiger partial charge in [0.15, 0.2) is 0 Å². The van der Waals surface area contributed by atoms with Crippen LogP contribution in [0.15, 0.2) is 18.2 Å². The summed E-state index contributed by atoms with van der Waals surface area (Å²) in [7, 11) is 0. The summed E-state index contributed by atoms with van der Waals surface area (Å²) in [6, 6.07) is 4.98. The lowest BCUT2D eigenvalue weighted by Gasteiger charge is -2.26. The molecule has 0 spiro atoms. The van der Waals surface area contributed by atoms with Crippen LogP contribution >= 0.6 is 0 Å². The Morgan fingerprint density at radius 3 is 3.20 bits per heavy atom. The molecular formula is C12H17FN2. The minimum atomic E-state index is -0.139. The van der Waals surface area contributed by atoms with Crippen LogP contribution in [0.25, 0.3) is 0 Å². The van der Waals surface area contributed by atoms with Gasteiger partial charge in [0.2, 0.25) is 0 Å². The molecule has 0 fully saturated rings. The molecule has 0 radical (unpaired) electrons. The highest BCUT2D eigenvalue weighted by molar-refractivity contribution is 5.53. The van der Waals surface area contributed by atoms with Gasteiger partial charge in [0.1, 0.15) is 5.82 Å². The molecule has 1 heterocycles. The van der Waals surface area contributed by atoms with E-state index < -0.39 is 0 Å². The first-order valence-electron chi connectivity index (χ1n) is 5.52. The maximum Gasteiger partial charge on any atom is 0.123 e. The minimum absolute atomic E-state index is 0.139. The Labute approximate surface area is 89.9 Å². The van der Waals surface area contributed by atoms with Crippen LogP contribution in [-0.4, -0.2) is 19.6 Å². The van der Waals surface area contributed by atoms with Crippen molar-refractivity contribution >= 4 is 5.69 Å². The maximum absolute atomic E-state index is 13.0. The summed E-state index contributed by atoms with van der Waals surface area (Å²) in [5.41, 5.74) is 2.19. The zero-order valence-corrected chi connectivity index (χ0v) is 9.02. The van der Waals surface area contributed by atoms with Gasteiger partial charge in [-0.05, 0) is 49.2 Å². The van der Waals surface area contributed by atoms with E-state index in [0.29, 0.717) is 5.92 Å². The van der Waals surface area contributed by atoms with E-state index in [4.69, 9.17) is 0 Å². The van der Waals surface area contributed by atoms with E-state index in [1.54, 1.807) is 6.07 Å². The highest BCUT2D eigenvalue weighted by Gasteiger charge is 2.17. The van der Waals surface area contributed by atoms with Gasteiger partial charge in [-0.25, -0.2) is 4.39 Å². The fourth-order valence-corrected chi connectivity index (χ4v) is 2.03. The first kappa shape index (κ1) is 10.4. The normalized spacial score (nSPS) is 19.5. The Bertz CT molecular complexity index is 338. The van der Waals surface area contributed by atoms with Crippen molar-refractivity contribution in [3.63, 3.8) is 0 Å². The van der Waals surface area contributed by atoms with Gasteiger partial charge < -0.3 is 10.6 Å². The van der Waals surface area contributed by atoms with E-state index in [9.17, 15) is 4.39 Å². The topological polar surface area (TPSA) is 24.1 Å². The number of fused-ring (bicyclic) bond motifs is 1. The monoisotopic (exact) mass is 208 g/mol. The molecule has 1 aliphatic heterocycles. The second kappa shape index (κ2) is 4.62. The first-order valence-corrected chi connectivity index (χ1v) is 5.52. The SMILES string of the molecule is CCNCC1CNc2ccc(F)cc2C1. The molecule has 2 nitrogen and oxygen atoms in total. The number of rotatable bonds is 3. The molecule has 3 heteroatoms. The molecule has 1 aliphatic rings. The summed E-state index contributed by atoms with van der Waals surface area (Å²) in [5, 5.41) is 6.67. The third kappa shape index (κ3) is 2.48. The van der Waals surface area contributed by atoms with Gasteiger partial charge in [0, 0.05) is 12.2 Å². The molecule has 82 valence electrons. The fourth-order valence-electron chi connectivity index (χ4n) is 2.03. The van der Waals surface area contributed by atoms with Crippen molar-refractivity contribution in [2.24, 2.45) is 5.92 Å². The molecule has 1 aromatic rings. The molecule has 0 bridgehead atoms. The van der Waals surface area contributed by atoms with E-state index in [1.807, 2.05) is 6.07 Å². The van der Waals surface area contributed by atoms with Crippen LogP contribution in [0, 0.1) is 11.7 Å². The number of anilines is 1. The zero-order valence-electron chi connectivity index (χ0n) is 9.02. The summed E-state index contributed by atoms with van der Waals surface area (Å²) < 4.78 is 13.0. The van der Waals surface area contributed by atoms with Gasteiger partial charge in [-0.15, -0.1) is 0 Å². The van der Waals surface area contributed by atoms with Gasteiger partial charge in [-0.1, -0.05) is 6.92 Å². The molecule has 1 unspecified atom stereocenters. The molecule has 15 heavy (non-hydrogen) atoms. The molecule has 0 amide bonds. The Morgan fingerprint density at radius 1 is 1.53 bits per heavy atom. The smallest absolute Gasteiger partial charge is 0.123 e. The van der Waals surface area contributed by atoms with Crippen molar-refractivity contribution in [1.29, 1.82) is 0 Å². The standard InChI is InChI=1S/C12H17FN2/c1-2-14-7-9-5-10-6-11(13)3-4-12(10)15-8-9/h3-4,6,9,14-15H,2,5,7-8H2,1H3. The van der Waals surface area contributed by atoms with E-state index in [0.717, 1.165) is 37.3 Å². The third-order valence-electron chi connectivity index (χ3n) is 2.84. The Hall–Kier alpha value is -1.09. The average molecular weight is 208 g/mol. The van der Waals surface area contributed by atoms with Crippen LogP contribution in [0.5, 0.6) is 0 Å². The number of hydrogen-bond donors (Lipinski definition) is 2. The highest BCUT2D eigenvalue weighted by atomic mass is 19.1. The van der Waals surface area contributed by atoms with Gasteiger partial charge in [-0.2, -0.15) is 0 Å². The van der Waals surface area contributed by atoms with Crippen LogP contribution < -0.4 is 10.6 Å². The molecule has 0 aromatic heterocycles. The van der Waals surface area contributed by atoms with Gasteiger partial charge in [0.25, 0.3) is 0 Å². The largest absolute Gasteiger partial charge is 0.384 e. The van der Waals surface area contributed by atoms with Crippen molar-refractivity contribution in [2.75, 3.05) is 25.0 Å². The Morgan fingerprint density at radius 2 is 2.40 bits per heavy atom. The van der Waals surface area contributed by atoms with E-state index >= 15 is 0 Å². The molecule has 0 aliphatic carbocycles. The quantitative estimate of drug-likeness (QED) is 0.794. The zero-order chi connectivity index (χ0) is 10.7. The van der Waals surface area contributed by atoms with Crippen molar-refractivity contribution in [3.8, 4) is 0 Å². The second-order valence-electron chi connectivity index (χ2n) is 4.06. The van der Waals surface area contributed by atoms with E-state index in [-0.39, 0.29) is 5.82 Å².